The summed E-state index contributed by atoms with van der Waals surface area (Å²) in [5.41, 5.74) is 1.85. The molecular formula is C13H18N2O3. The van der Waals surface area contributed by atoms with Gasteiger partial charge in [-0.25, -0.2) is 4.79 Å². The van der Waals surface area contributed by atoms with Crippen LogP contribution < -0.4 is 5.32 Å². The number of carbonyl (C=O) groups excluding carboxylic acids is 1. The van der Waals surface area contributed by atoms with Crippen molar-refractivity contribution in [2.24, 2.45) is 0 Å². The summed E-state index contributed by atoms with van der Waals surface area (Å²) in [6, 6.07) is 7.09. The standard InChI is InChI=1S/C13H18N2O3/c1-3-10-5-7-11(8-6-10)14-13(18)15(4-2)9-12(16)17/h5-8H,3-4,9H2,1-2H3,(H,14,18)(H,16,17). The fourth-order valence-corrected chi connectivity index (χ4v) is 1.52. The molecule has 0 aliphatic rings. The molecule has 2 N–H and O–H groups in total. The molecule has 0 unspecified atom stereocenters. The minimum Gasteiger partial charge on any atom is -0.480 e. The first-order chi connectivity index (χ1) is 8.56. The minimum atomic E-state index is -1.02. The maximum Gasteiger partial charge on any atom is 0.323 e. The van der Waals surface area contributed by atoms with Gasteiger partial charge in [-0.3, -0.25) is 4.79 Å². The number of urea groups is 1. The lowest BCUT2D eigenvalue weighted by molar-refractivity contribution is -0.137. The SMILES string of the molecule is CCc1ccc(NC(=O)N(CC)CC(=O)O)cc1. The van der Waals surface area contributed by atoms with Crippen LogP contribution in [0.1, 0.15) is 19.4 Å². The first kappa shape index (κ1) is 14.0. The lowest BCUT2D eigenvalue weighted by atomic mass is 10.1. The van der Waals surface area contributed by atoms with Crippen LogP contribution in [0.2, 0.25) is 0 Å². The number of likely N-dealkylation sites (N-methyl/N-ethyl adjacent to an activating group) is 1. The predicted octanol–water partition coefficient (Wildman–Crippen LogP) is 2.19. The number of aliphatic carboxylic acids is 1. The molecule has 0 aliphatic heterocycles. The fourth-order valence-electron chi connectivity index (χ4n) is 1.52. The summed E-state index contributed by atoms with van der Waals surface area (Å²) in [5, 5.41) is 11.3. The molecule has 0 radical (unpaired) electrons. The van der Waals surface area contributed by atoms with Crippen molar-refractivity contribution in [3.63, 3.8) is 0 Å². The van der Waals surface area contributed by atoms with E-state index in [4.69, 9.17) is 5.11 Å². The molecule has 1 aromatic carbocycles. The zero-order valence-corrected chi connectivity index (χ0v) is 10.6. The van der Waals surface area contributed by atoms with E-state index in [0.29, 0.717) is 12.2 Å². The van der Waals surface area contributed by atoms with Crippen molar-refractivity contribution in [3.8, 4) is 0 Å². The van der Waals surface area contributed by atoms with Crippen LogP contribution in [0.5, 0.6) is 0 Å². The van der Waals surface area contributed by atoms with Gasteiger partial charge in [-0.1, -0.05) is 19.1 Å². The zero-order valence-electron chi connectivity index (χ0n) is 10.6. The van der Waals surface area contributed by atoms with Crippen molar-refractivity contribution in [1.29, 1.82) is 0 Å². The Kier molecular flexibility index (Phi) is 5.17. The topological polar surface area (TPSA) is 69.6 Å². The lowest BCUT2D eigenvalue weighted by Gasteiger charge is -2.19. The lowest BCUT2D eigenvalue weighted by Crippen LogP contribution is -2.38. The second-order valence-corrected chi connectivity index (χ2v) is 3.89. The van der Waals surface area contributed by atoms with Gasteiger partial charge in [0.05, 0.1) is 0 Å². The molecule has 0 aliphatic carbocycles. The first-order valence-corrected chi connectivity index (χ1v) is 5.93. The summed E-state index contributed by atoms with van der Waals surface area (Å²) in [6.07, 6.45) is 0.939. The van der Waals surface area contributed by atoms with E-state index in [9.17, 15) is 9.59 Å². The summed E-state index contributed by atoms with van der Waals surface area (Å²) in [5.74, 6) is -1.02. The second kappa shape index (κ2) is 6.64. The third-order valence-corrected chi connectivity index (χ3v) is 2.61. The number of benzene rings is 1. The number of carboxylic acid groups (broad SMARTS) is 1. The van der Waals surface area contributed by atoms with Crippen molar-refractivity contribution in [2.75, 3.05) is 18.4 Å². The maximum atomic E-state index is 11.8. The highest BCUT2D eigenvalue weighted by Crippen LogP contribution is 2.10. The normalized spacial score (nSPS) is 9.89. The molecule has 0 fully saturated rings. The Bertz CT molecular complexity index is 415. The maximum absolute atomic E-state index is 11.8. The smallest absolute Gasteiger partial charge is 0.323 e. The van der Waals surface area contributed by atoms with Crippen molar-refractivity contribution in [1.82, 2.24) is 4.90 Å². The number of amides is 2. The van der Waals surface area contributed by atoms with E-state index in [-0.39, 0.29) is 6.54 Å². The third kappa shape index (κ3) is 4.08. The highest BCUT2D eigenvalue weighted by molar-refractivity contribution is 5.91. The molecule has 0 saturated carbocycles. The van der Waals surface area contributed by atoms with E-state index in [1.807, 2.05) is 24.3 Å². The molecule has 0 aromatic heterocycles. The van der Waals surface area contributed by atoms with Crippen LogP contribution >= 0.6 is 0 Å². The molecule has 5 nitrogen and oxygen atoms in total. The largest absolute Gasteiger partial charge is 0.480 e. The van der Waals surface area contributed by atoms with Gasteiger partial charge in [0.15, 0.2) is 0 Å². The molecule has 18 heavy (non-hydrogen) atoms. The quantitative estimate of drug-likeness (QED) is 0.841. The van der Waals surface area contributed by atoms with Crippen LogP contribution in [-0.2, 0) is 11.2 Å². The molecule has 5 heteroatoms. The number of aryl methyl sites for hydroxylation is 1. The summed E-state index contributed by atoms with van der Waals surface area (Å²) in [6.45, 7) is 3.85. The van der Waals surface area contributed by atoms with E-state index in [1.54, 1.807) is 6.92 Å². The number of nitrogens with zero attached hydrogens (tertiary/aromatic N) is 1. The Labute approximate surface area is 106 Å². The van der Waals surface area contributed by atoms with Crippen molar-refractivity contribution < 1.29 is 14.7 Å². The number of hydrogen-bond donors (Lipinski definition) is 2. The van der Waals surface area contributed by atoms with Crippen LogP contribution in [0.3, 0.4) is 0 Å². The fraction of sp³-hybridized carbons (Fsp3) is 0.385. The van der Waals surface area contributed by atoms with Crippen LogP contribution in [0.15, 0.2) is 24.3 Å². The third-order valence-electron chi connectivity index (χ3n) is 2.61. The molecule has 1 aromatic rings. The van der Waals surface area contributed by atoms with Crippen molar-refractivity contribution >= 4 is 17.7 Å². The summed E-state index contributed by atoms with van der Waals surface area (Å²) in [4.78, 5) is 23.6. The van der Waals surface area contributed by atoms with E-state index in [0.717, 1.165) is 6.42 Å². The molecule has 1 rings (SSSR count). The van der Waals surface area contributed by atoms with Crippen LogP contribution in [0.4, 0.5) is 10.5 Å². The molecule has 0 spiro atoms. The van der Waals surface area contributed by atoms with Gasteiger partial charge in [0.2, 0.25) is 0 Å². The molecular weight excluding hydrogens is 232 g/mol. The van der Waals surface area contributed by atoms with E-state index in [2.05, 4.69) is 12.2 Å². The van der Waals surface area contributed by atoms with Crippen molar-refractivity contribution in [2.45, 2.75) is 20.3 Å². The van der Waals surface area contributed by atoms with Gasteiger partial charge < -0.3 is 15.3 Å². The molecule has 0 heterocycles. The highest BCUT2D eigenvalue weighted by atomic mass is 16.4. The molecule has 0 saturated heterocycles. The number of carbonyl (C=O) groups is 2. The Balaban J connectivity index is 2.64. The average Bonchev–Trinajstić information content (AvgIpc) is 2.36. The summed E-state index contributed by atoms with van der Waals surface area (Å²) < 4.78 is 0. The van der Waals surface area contributed by atoms with Crippen LogP contribution in [-0.4, -0.2) is 35.1 Å². The summed E-state index contributed by atoms with van der Waals surface area (Å²) >= 11 is 0. The Morgan fingerprint density at radius 2 is 1.83 bits per heavy atom. The monoisotopic (exact) mass is 250 g/mol. The molecule has 2 amide bonds. The Morgan fingerprint density at radius 3 is 2.28 bits per heavy atom. The van der Waals surface area contributed by atoms with Gasteiger partial charge in [0.1, 0.15) is 6.54 Å². The second-order valence-electron chi connectivity index (χ2n) is 3.89. The van der Waals surface area contributed by atoms with E-state index in [1.165, 1.54) is 10.5 Å². The van der Waals surface area contributed by atoms with Gasteiger partial charge in [0.25, 0.3) is 0 Å². The van der Waals surface area contributed by atoms with Gasteiger partial charge in [0, 0.05) is 12.2 Å². The predicted molar refractivity (Wildman–Crippen MR) is 69.7 cm³/mol. The van der Waals surface area contributed by atoms with E-state index < -0.39 is 12.0 Å². The number of nitrogens with one attached hydrogen (secondary N) is 1. The first-order valence-electron chi connectivity index (χ1n) is 5.93. The van der Waals surface area contributed by atoms with Gasteiger partial charge in [-0.05, 0) is 31.0 Å². The Hall–Kier alpha value is -2.04. The minimum absolute atomic E-state index is 0.296. The summed E-state index contributed by atoms with van der Waals surface area (Å²) in [7, 11) is 0. The average molecular weight is 250 g/mol. The zero-order chi connectivity index (χ0) is 13.5. The highest BCUT2D eigenvalue weighted by Gasteiger charge is 2.14. The van der Waals surface area contributed by atoms with Crippen molar-refractivity contribution in [3.05, 3.63) is 29.8 Å². The van der Waals surface area contributed by atoms with Crippen LogP contribution in [0, 0.1) is 0 Å². The van der Waals surface area contributed by atoms with Crippen LogP contribution in [0.25, 0.3) is 0 Å². The number of carboxylic acids is 1. The van der Waals surface area contributed by atoms with Gasteiger partial charge in [-0.2, -0.15) is 0 Å². The molecule has 98 valence electrons. The van der Waals surface area contributed by atoms with E-state index >= 15 is 0 Å². The molecule has 0 bridgehead atoms. The molecule has 0 atom stereocenters. The van der Waals surface area contributed by atoms with Gasteiger partial charge >= 0.3 is 12.0 Å². The van der Waals surface area contributed by atoms with Gasteiger partial charge in [-0.15, -0.1) is 0 Å². The Morgan fingerprint density at radius 1 is 1.22 bits per heavy atom. The number of hydrogen-bond acceptors (Lipinski definition) is 2. The number of rotatable bonds is 5. The number of anilines is 1.